The molecule has 0 aliphatic carbocycles. The van der Waals surface area contributed by atoms with Crippen molar-refractivity contribution in [3.05, 3.63) is 92.4 Å². The van der Waals surface area contributed by atoms with E-state index in [-0.39, 0.29) is 16.6 Å². The average molecular weight is 415 g/mol. The molecule has 1 amide bonds. The summed E-state index contributed by atoms with van der Waals surface area (Å²) in [5.74, 6) is -1.09. The fraction of sp³-hybridized carbons (Fsp3) is 0.227. The lowest BCUT2D eigenvalue weighted by Crippen LogP contribution is -2.40. The van der Waals surface area contributed by atoms with Crippen molar-refractivity contribution in [2.24, 2.45) is 0 Å². The molecule has 0 unspecified atom stereocenters. The maximum atomic E-state index is 14.1. The van der Waals surface area contributed by atoms with Gasteiger partial charge in [0, 0.05) is 19.6 Å². The lowest BCUT2D eigenvalue weighted by Gasteiger charge is -2.35. The van der Waals surface area contributed by atoms with Gasteiger partial charge in [-0.3, -0.25) is 9.69 Å². The number of carbonyl (C=O) groups excluding carboxylic acids is 1. The Morgan fingerprint density at radius 3 is 2.75 bits per heavy atom. The molecule has 6 heteroatoms. The van der Waals surface area contributed by atoms with E-state index in [2.05, 4.69) is 45.9 Å². The molecular formula is C22H20ClFN2OS. The van der Waals surface area contributed by atoms with Crippen LogP contribution in [0.15, 0.2) is 59.3 Å². The van der Waals surface area contributed by atoms with E-state index in [1.165, 1.54) is 29.3 Å². The Labute approximate surface area is 172 Å². The maximum absolute atomic E-state index is 14.1. The van der Waals surface area contributed by atoms with Crippen LogP contribution in [0.1, 0.15) is 33.1 Å². The van der Waals surface area contributed by atoms with Gasteiger partial charge in [0.15, 0.2) is 0 Å². The third kappa shape index (κ3) is 3.97. The molecule has 0 saturated heterocycles. The van der Waals surface area contributed by atoms with Gasteiger partial charge >= 0.3 is 0 Å². The quantitative estimate of drug-likeness (QED) is 0.632. The van der Waals surface area contributed by atoms with Gasteiger partial charge in [-0.05, 0) is 52.1 Å². The fourth-order valence-electron chi connectivity index (χ4n) is 3.70. The Morgan fingerprint density at radius 1 is 1.18 bits per heavy atom. The number of nitrogens with one attached hydrogen (secondary N) is 1. The molecule has 3 nitrogen and oxygen atoms in total. The molecule has 144 valence electrons. The highest BCUT2D eigenvalue weighted by atomic mass is 35.5. The zero-order valence-electron chi connectivity index (χ0n) is 15.2. The van der Waals surface area contributed by atoms with Gasteiger partial charge < -0.3 is 5.32 Å². The van der Waals surface area contributed by atoms with Crippen LogP contribution in [0, 0.1) is 5.82 Å². The van der Waals surface area contributed by atoms with Gasteiger partial charge in [-0.2, -0.15) is 11.3 Å². The highest BCUT2D eigenvalue weighted by Gasteiger charge is 2.26. The first-order valence-electron chi connectivity index (χ1n) is 9.18. The minimum Gasteiger partial charge on any atom is -0.350 e. The van der Waals surface area contributed by atoms with Crippen molar-refractivity contribution in [1.29, 1.82) is 0 Å². The largest absolute Gasteiger partial charge is 0.350 e. The number of halogens is 2. The maximum Gasteiger partial charge on any atom is 0.255 e. The van der Waals surface area contributed by atoms with Crippen LogP contribution in [0.3, 0.4) is 0 Å². The molecule has 2 aromatic carbocycles. The van der Waals surface area contributed by atoms with Crippen molar-refractivity contribution in [1.82, 2.24) is 10.2 Å². The molecule has 0 bridgehead atoms. The Balaban J connectivity index is 1.53. The number of fused-ring (bicyclic) bond motifs is 1. The topological polar surface area (TPSA) is 32.3 Å². The molecule has 1 atom stereocenters. The molecule has 1 aliphatic rings. The molecule has 3 aromatic rings. The molecule has 0 saturated carbocycles. The number of carbonyl (C=O) groups is 1. The number of amides is 1. The predicted molar refractivity (Wildman–Crippen MR) is 111 cm³/mol. The Kier molecular flexibility index (Phi) is 5.76. The van der Waals surface area contributed by atoms with Crippen molar-refractivity contribution < 1.29 is 9.18 Å². The van der Waals surface area contributed by atoms with E-state index in [9.17, 15) is 9.18 Å². The Morgan fingerprint density at radius 2 is 2.00 bits per heavy atom. The lowest BCUT2D eigenvalue weighted by atomic mass is 9.97. The predicted octanol–water partition coefficient (Wildman–Crippen LogP) is 5.07. The second-order valence-corrected chi connectivity index (χ2v) is 8.06. The fourth-order valence-corrected chi connectivity index (χ4v) is 4.65. The summed E-state index contributed by atoms with van der Waals surface area (Å²) < 4.78 is 14.1. The Hall–Kier alpha value is -2.21. The van der Waals surface area contributed by atoms with Crippen molar-refractivity contribution in [2.45, 2.75) is 19.0 Å². The highest BCUT2D eigenvalue weighted by Crippen LogP contribution is 2.29. The van der Waals surface area contributed by atoms with E-state index in [1.807, 2.05) is 5.38 Å². The molecule has 4 rings (SSSR count). The average Bonchev–Trinajstić information content (AvgIpc) is 3.22. The number of hydrogen-bond donors (Lipinski definition) is 1. The highest BCUT2D eigenvalue weighted by molar-refractivity contribution is 7.08. The van der Waals surface area contributed by atoms with E-state index in [1.54, 1.807) is 11.3 Å². The van der Waals surface area contributed by atoms with E-state index in [0.717, 1.165) is 25.1 Å². The van der Waals surface area contributed by atoms with Crippen LogP contribution < -0.4 is 5.32 Å². The summed E-state index contributed by atoms with van der Waals surface area (Å²) in [5.41, 5.74) is 3.75. The second-order valence-electron chi connectivity index (χ2n) is 6.87. The first-order valence-corrected chi connectivity index (χ1v) is 10.5. The van der Waals surface area contributed by atoms with Gasteiger partial charge in [-0.25, -0.2) is 4.39 Å². The zero-order chi connectivity index (χ0) is 19.5. The molecular weight excluding hydrogens is 395 g/mol. The van der Waals surface area contributed by atoms with Gasteiger partial charge in [0.25, 0.3) is 5.91 Å². The number of rotatable bonds is 5. The third-order valence-corrected chi connectivity index (χ3v) is 6.19. The van der Waals surface area contributed by atoms with Gasteiger partial charge in [0.2, 0.25) is 0 Å². The number of hydrogen-bond acceptors (Lipinski definition) is 3. The van der Waals surface area contributed by atoms with Crippen LogP contribution in [0.25, 0.3) is 0 Å². The van der Waals surface area contributed by atoms with E-state index >= 15 is 0 Å². The van der Waals surface area contributed by atoms with Crippen molar-refractivity contribution in [2.75, 3.05) is 13.1 Å². The van der Waals surface area contributed by atoms with E-state index < -0.39 is 11.7 Å². The standard InChI is InChI=1S/C22H20ClFN2OS/c23-18-6-3-7-19(24)21(18)22(27)25-12-20(17-9-11-28-14-17)26-10-8-15-4-1-2-5-16(15)13-26/h1-7,9,11,14,20H,8,10,12-13H2,(H,25,27)/t20-/m0/s1. The molecule has 1 N–H and O–H groups in total. The first kappa shape index (κ1) is 19.1. The molecule has 0 radical (unpaired) electrons. The zero-order valence-corrected chi connectivity index (χ0v) is 16.8. The van der Waals surface area contributed by atoms with Crippen molar-refractivity contribution in [3.63, 3.8) is 0 Å². The molecule has 0 fully saturated rings. The number of benzene rings is 2. The van der Waals surface area contributed by atoms with Crippen molar-refractivity contribution >= 4 is 28.8 Å². The third-order valence-electron chi connectivity index (χ3n) is 5.17. The molecule has 28 heavy (non-hydrogen) atoms. The number of nitrogens with zero attached hydrogens (tertiary/aromatic N) is 1. The SMILES string of the molecule is O=C(NC[C@@H](c1ccsc1)N1CCc2ccccc2C1)c1c(F)cccc1Cl. The molecule has 0 spiro atoms. The summed E-state index contributed by atoms with van der Waals surface area (Å²) in [7, 11) is 0. The smallest absolute Gasteiger partial charge is 0.255 e. The minimum absolute atomic E-state index is 0.0223. The minimum atomic E-state index is -0.607. The summed E-state index contributed by atoms with van der Waals surface area (Å²) in [4.78, 5) is 15.0. The van der Waals surface area contributed by atoms with E-state index in [4.69, 9.17) is 11.6 Å². The van der Waals surface area contributed by atoms with Crippen LogP contribution in [0.5, 0.6) is 0 Å². The van der Waals surface area contributed by atoms with Crippen LogP contribution in [-0.2, 0) is 13.0 Å². The van der Waals surface area contributed by atoms with Gasteiger partial charge in [-0.15, -0.1) is 0 Å². The monoisotopic (exact) mass is 414 g/mol. The lowest BCUT2D eigenvalue weighted by molar-refractivity contribution is 0.0924. The van der Waals surface area contributed by atoms with Crippen LogP contribution in [0.2, 0.25) is 5.02 Å². The van der Waals surface area contributed by atoms with E-state index in [0.29, 0.717) is 6.54 Å². The van der Waals surface area contributed by atoms with Crippen molar-refractivity contribution in [3.8, 4) is 0 Å². The van der Waals surface area contributed by atoms with Crippen LogP contribution >= 0.6 is 22.9 Å². The summed E-state index contributed by atoms with van der Waals surface area (Å²) in [5, 5.41) is 7.15. The van der Waals surface area contributed by atoms with Crippen LogP contribution in [0.4, 0.5) is 4.39 Å². The van der Waals surface area contributed by atoms with Crippen LogP contribution in [-0.4, -0.2) is 23.9 Å². The first-order chi connectivity index (χ1) is 13.6. The second kappa shape index (κ2) is 8.43. The summed E-state index contributed by atoms with van der Waals surface area (Å²) in [6.45, 7) is 2.13. The normalized spacial score (nSPS) is 15.1. The number of thiophene rings is 1. The Bertz CT molecular complexity index is 956. The summed E-state index contributed by atoms with van der Waals surface area (Å²) >= 11 is 7.67. The van der Waals surface area contributed by atoms with Gasteiger partial charge in [0.05, 0.1) is 16.6 Å². The summed E-state index contributed by atoms with van der Waals surface area (Å²) in [6, 6.07) is 14.8. The molecule has 2 heterocycles. The molecule has 1 aliphatic heterocycles. The van der Waals surface area contributed by atoms with Gasteiger partial charge in [0.1, 0.15) is 5.82 Å². The van der Waals surface area contributed by atoms with Gasteiger partial charge in [-0.1, -0.05) is 41.9 Å². The molecule has 1 aromatic heterocycles. The summed E-state index contributed by atoms with van der Waals surface area (Å²) in [6.07, 6.45) is 0.976.